The molecular formula is C76H56N2. The van der Waals surface area contributed by atoms with Crippen molar-refractivity contribution in [3.63, 3.8) is 0 Å². The number of nitrogens with zero attached hydrogens (tertiary/aromatic N) is 2. The lowest BCUT2D eigenvalue weighted by atomic mass is 9.92. The monoisotopic (exact) mass is 996 g/mol. The Morgan fingerprint density at radius 2 is 0.526 bits per heavy atom. The van der Waals surface area contributed by atoms with Crippen LogP contribution in [0.3, 0.4) is 0 Å². The highest BCUT2D eigenvalue weighted by Crippen LogP contribution is 2.51. The molecule has 0 spiro atoms. The zero-order valence-electron chi connectivity index (χ0n) is 44.3. The number of hydrogen-bond donors (Lipinski definition) is 0. The van der Waals surface area contributed by atoms with E-state index in [0.717, 1.165) is 22.7 Å². The standard InChI is InChI=1S/C76H56N2/c1-49-21-17-39-69(65-37-19-27-53-23-5-9-29-59(53)65)75(49)77(73-47-57-25-7-11-31-61(57)63-33-13-15-35-67(63)73)71-43-41-55(45-51(71)3)56-42-44-72(52(4)46-56)78(74-48-58-26-8-12-32-62(58)64-34-14-16-36-68(64)74)76-50(2)22-18-40-70(76)66-38-20-28-54-24-6-10-30-60(54)66/h5-48H,1-4H3. The molecule has 0 saturated heterocycles. The van der Waals surface area contributed by atoms with Crippen LogP contribution in [0.4, 0.5) is 34.1 Å². The Kier molecular flexibility index (Phi) is 11.5. The molecule has 0 aliphatic rings. The minimum atomic E-state index is 1.14. The van der Waals surface area contributed by atoms with Crippen molar-refractivity contribution < 1.29 is 0 Å². The van der Waals surface area contributed by atoms with E-state index >= 15 is 0 Å². The molecule has 0 radical (unpaired) electrons. The zero-order valence-corrected chi connectivity index (χ0v) is 44.3. The molecule has 0 atom stereocenters. The SMILES string of the molecule is Cc1cc(-c2ccc(N(c3c(C)cccc3-c3cccc4ccccc34)c3cc4ccccc4c4ccccc34)c(C)c2)ccc1N(c1c(C)cccc1-c1cccc2ccccc12)c1cc2ccccc2c2ccccc12. The number of hydrogen-bond acceptors (Lipinski definition) is 2. The third-order valence-corrected chi connectivity index (χ3v) is 16.3. The average molecular weight is 997 g/mol. The molecule has 2 nitrogen and oxygen atoms in total. The van der Waals surface area contributed by atoms with Gasteiger partial charge in [-0.15, -0.1) is 0 Å². The van der Waals surface area contributed by atoms with Gasteiger partial charge in [0.05, 0.1) is 22.7 Å². The number of anilines is 6. The second-order valence-electron chi connectivity index (χ2n) is 21.0. The molecule has 370 valence electrons. The Morgan fingerprint density at radius 1 is 0.205 bits per heavy atom. The summed E-state index contributed by atoms with van der Waals surface area (Å²) in [5.74, 6) is 0. The molecule has 14 aromatic rings. The highest BCUT2D eigenvalue weighted by Gasteiger charge is 2.27. The first-order chi connectivity index (χ1) is 38.4. The van der Waals surface area contributed by atoms with E-state index in [4.69, 9.17) is 0 Å². The molecule has 0 unspecified atom stereocenters. The smallest absolute Gasteiger partial charge is 0.0569 e. The molecule has 0 aromatic heterocycles. The van der Waals surface area contributed by atoms with Gasteiger partial charge in [-0.2, -0.15) is 0 Å². The quantitative estimate of drug-likeness (QED) is 0.133. The van der Waals surface area contributed by atoms with Gasteiger partial charge in [0.15, 0.2) is 0 Å². The Labute approximate surface area is 456 Å². The van der Waals surface area contributed by atoms with Gasteiger partial charge in [0.1, 0.15) is 0 Å². The van der Waals surface area contributed by atoms with Crippen LogP contribution in [0, 0.1) is 27.7 Å². The Balaban J connectivity index is 0.958. The van der Waals surface area contributed by atoms with Gasteiger partial charge in [-0.25, -0.2) is 0 Å². The summed E-state index contributed by atoms with van der Waals surface area (Å²) in [6.07, 6.45) is 0. The fraction of sp³-hybridized carbons (Fsp3) is 0.0526. The number of para-hydroxylation sites is 2. The normalized spacial score (nSPS) is 11.6. The van der Waals surface area contributed by atoms with Crippen LogP contribution in [0.2, 0.25) is 0 Å². The molecule has 0 N–H and O–H groups in total. The van der Waals surface area contributed by atoms with E-state index in [1.165, 1.54) is 132 Å². The minimum Gasteiger partial charge on any atom is -0.309 e. The van der Waals surface area contributed by atoms with Gasteiger partial charge in [0.2, 0.25) is 0 Å². The summed E-state index contributed by atoms with van der Waals surface area (Å²) >= 11 is 0. The Bertz CT molecular complexity index is 4390. The van der Waals surface area contributed by atoms with Gasteiger partial charge < -0.3 is 9.80 Å². The van der Waals surface area contributed by atoms with Crippen molar-refractivity contribution in [3.8, 4) is 33.4 Å². The summed E-state index contributed by atoms with van der Waals surface area (Å²) < 4.78 is 0. The van der Waals surface area contributed by atoms with Gasteiger partial charge in [-0.05, 0) is 162 Å². The van der Waals surface area contributed by atoms with Crippen molar-refractivity contribution in [2.75, 3.05) is 9.80 Å². The van der Waals surface area contributed by atoms with Gasteiger partial charge >= 0.3 is 0 Å². The van der Waals surface area contributed by atoms with E-state index in [1.54, 1.807) is 0 Å². The molecule has 0 bridgehead atoms. The summed E-state index contributed by atoms with van der Waals surface area (Å²) in [5.41, 5.74) is 18.8. The van der Waals surface area contributed by atoms with E-state index in [1.807, 2.05) is 0 Å². The van der Waals surface area contributed by atoms with Crippen LogP contribution < -0.4 is 9.80 Å². The van der Waals surface area contributed by atoms with Gasteiger partial charge in [-0.1, -0.05) is 231 Å². The molecule has 0 aliphatic heterocycles. The van der Waals surface area contributed by atoms with Crippen LogP contribution in [0.15, 0.2) is 267 Å². The fourth-order valence-electron chi connectivity index (χ4n) is 12.6. The summed E-state index contributed by atoms with van der Waals surface area (Å²) in [6.45, 7) is 9.10. The predicted molar refractivity (Wildman–Crippen MR) is 336 cm³/mol. The van der Waals surface area contributed by atoms with E-state index in [0.29, 0.717) is 0 Å². The number of fused-ring (bicyclic) bond motifs is 8. The van der Waals surface area contributed by atoms with E-state index in [9.17, 15) is 0 Å². The first-order valence-corrected chi connectivity index (χ1v) is 27.2. The predicted octanol–water partition coefficient (Wildman–Crippen LogP) is 21.8. The zero-order chi connectivity index (χ0) is 52.4. The maximum Gasteiger partial charge on any atom is 0.0569 e. The molecule has 78 heavy (non-hydrogen) atoms. The molecule has 0 amide bonds. The van der Waals surface area contributed by atoms with Crippen molar-refractivity contribution in [1.82, 2.24) is 0 Å². The van der Waals surface area contributed by atoms with Crippen molar-refractivity contribution in [2.45, 2.75) is 27.7 Å². The number of benzene rings is 14. The largest absolute Gasteiger partial charge is 0.309 e. The second-order valence-corrected chi connectivity index (χ2v) is 21.0. The molecule has 0 heterocycles. The molecular weight excluding hydrogens is 941 g/mol. The van der Waals surface area contributed by atoms with Crippen LogP contribution in [0.25, 0.3) is 98.0 Å². The second kappa shape index (κ2) is 19.1. The fourth-order valence-corrected chi connectivity index (χ4v) is 12.6. The lowest BCUT2D eigenvalue weighted by molar-refractivity contribution is 1.23. The molecule has 0 saturated carbocycles. The van der Waals surface area contributed by atoms with Crippen molar-refractivity contribution in [2.24, 2.45) is 0 Å². The lowest BCUT2D eigenvalue weighted by Crippen LogP contribution is -2.15. The molecule has 0 fully saturated rings. The summed E-state index contributed by atoms with van der Waals surface area (Å²) in [4.78, 5) is 5.10. The van der Waals surface area contributed by atoms with E-state index in [-0.39, 0.29) is 0 Å². The maximum absolute atomic E-state index is 2.55. The molecule has 2 heteroatoms. The van der Waals surface area contributed by atoms with Crippen LogP contribution in [0.5, 0.6) is 0 Å². The van der Waals surface area contributed by atoms with Crippen molar-refractivity contribution >= 4 is 98.8 Å². The molecule has 0 aliphatic carbocycles. The van der Waals surface area contributed by atoms with Crippen LogP contribution in [-0.4, -0.2) is 0 Å². The Hall–Kier alpha value is -9.76. The maximum atomic E-state index is 2.55. The number of aryl methyl sites for hydroxylation is 4. The highest BCUT2D eigenvalue weighted by atomic mass is 15.2. The lowest BCUT2D eigenvalue weighted by Gasteiger charge is -2.33. The van der Waals surface area contributed by atoms with E-state index in [2.05, 4.69) is 304 Å². The minimum absolute atomic E-state index is 1.14. The summed E-state index contributed by atoms with van der Waals surface area (Å²) in [6, 6.07) is 98.9. The average Bonchev–Trinajstić information content (AvgIpc) is 3.65. The van der Waals surface area contributed by atoms with Crippen LogP contribution in [0.1, 0.15) is 22.3 Å². The van der Waals surface area contributed by atoms with Crippen LogP contribution >= 0.6 is 0 Å². The highest BCUT2D eigenvalue weighted by molar-refractivity contribution is 6.17. The molecule has 14 rings (SSSR count). The molecule has 14 aromatic carbocycles. The van der Waals surface area contributed by atoms with Crippen LogP contribution in [-0.2, 0) is 0 Å². The third-order valence-electron chi connectivity index (χ3n) is 16.3. The number of rotatable bonds is 9. The van der Waals surface area contributed by atoms with Crippen molar-refractivity contribution in [1.29, 1.82) is 0 Å². The first-order valence-electron chi connectivity index (χ1n) is 27.2. The third kappa shape index (κ3) is 7.79. The summed E-state index contributed by atoms with van der Waals surface area (Å²) in [5, 5.41) is 14.7. The van der Waals surface area contributed by atoms with Gasteiger partial charge in [-0.3, -0.25) is 0 Å². The van der Waals surface area contributed by atoms with E-state index < -0.39 is 0 Å². The summed E-state index contributed by atoms with van der Waals surface area (Å²) in [7, 11) is 0. The topological polar surface area (TPSA) is 6.48 Å². The Morgan fingerprint density at radius 3 is 0.936 bits per heavy atom. The first kappa shape index (κ1) is 46.7. The van der Waals surface area contributed by atoms with Crippen molar-refractivity contribution in [3.05, 3.63) is 289 Å². The van der Waals surface area contributed by atoms with Gasteiger partial charge in [0, 0.05) is 33.3 Å². The van der Waals surface area contributed by atoms with Gasteiger partial charge in [0.25, 0.3) is 0 Å².